The van der Waals surface area contributed by atoms with Crippen LogP contribution < -0.4 is 11.2 Å². The second-order valence-electron chi connectivity index (χ2n) is 7.03. The minimum absolute atomic E-state index is 0.0146. The zero-order valence-electron chi connectivity index (χ0n) is 15.7. The molecule has 3 heterocycles. The summed E-state index contributed by atoms with van der Waals surface area (Å²) in [5.74, 6) is 0. The van der Waals surface area contributed by atoms with Crippen molar-refractivity contribution in [1.82, 2.24) is 13.4 Å². The van der Waals surface area contributed by atoms with Gasteiger partial charge in [-0.2, -0.15) is 9.57 Å². The number of hydrogen-bond acceptors (Lipinski definition) is 6. The molecule has 0 saturated carbocycles. The maximum Gasteiger partial charge on any atom is 0.331 e. The van der Waals surface area contributed by atoms with E-state index in [1.807, 2.05) is 6.07 Å². The van der Waals surface area contributed by atoms with Gasteiger partial charge in [-0.15, -0.1) is 0 Å². The van der Waals surface area contributed by atoms with Crippen molar-refractivity contribution in [2.24, 2.45) is 0 Å². The van der Waals surface area contributed by atoms with E-state index >= 15 is 0 Å². The third kappa shape index (κ3) is 3.42. The number of nitriles is 1. The highest BCUT2D eigenvalue weighted by atomic mass is 32.2. The molecule has 2 aromatic rings. The van der Waals surface area contributed by atoms with E-state index in [0.29, 0.717) is 43.9 Å². The first-order chi connectivity index (χ1) is 13.9. The fraction of sp³-hybridized carbons (Fsp3) is 0.421. The molecule has 1 saturated heterocycles. The van der Waals surface area contributed by atoms with Gasteiger partial charge in [0.15, 0.2) is 0 Å². The van der Waals surface area contributed by atoms with Crippen molar-refractivity contribution < 1.29 is 13.2 Å². The average Bonchev–Trinajstić information content (AvgIpc) is 3.22. The van der Waals surface area contributed by atoms with Gasteiger partial charge in [-0.05, 0) is 30.5 Å². The molecule has 0 unspecified atom stereocenters. The first-order valence-corrected chi connectivity index (χ1v) is 10.8. The van der Waals surface area contributed by atoms with E-state index < -0.39 is 21.3 Å². The fourth-order valence-corrected chi connectivity index (χ4v) is 5.29. The summed E-state index contributed by atoms with van der Waals surface area (Å²) in [4.78, 5) is 25.6. The van der Waals surface area contributed by atoms with Gasteiger partial charge in [-0.3, -0.25) is 13.9 Å². The maximum atomic E-state index is 12.9. The van der Waals surface area contributed by atoms with Crippen molar-refractivity contribution in [3.63, 3.8) is 0 Å². The van der Waals surface area contributed by atoms with Crippen molar-refractivity contribution >= 4 is 10.0 Å². The Morgan fingerprint density at radius 2 is 1.90 bits per heavy atom. The predicted molar refractivity (Wildman–Crippen MR) is 103 cm³/mol. The van der Waals surface area contributed by atoms with Gasteiger partial charge >= 0.3 is 5.69 Å². The van der Waals surface area contributed by atoms with Gasteiger partial charge in [0.25, 0.3) is 5.56 Å². The van der Waals surface area contributed by atoms with Crippen molar-refractivity contribution in [3.8, 4) is 6.07 Å². The number of morpholine rings is 1. The molecule has 10 heteroatoms. The topological polar surface area (TPSA) is 114 Å². The first kappa shape index (κ1) is 19.6. The Kier molecular flexibility index (Phi) is 5.12. The molecule has 29 heavy (non-hydrogen) atoms. The van der Waals surface area contributed by atoms with E-state index in [-0.39, 0.29) is 30.1 Å². The molecular weight excluding hydrogens is 396 g/mol. The second kappa shape index (κ2) is 7.59. The van der Waals surface area contributed by atoms with Crippen LogP contribution in [0.25, 0.3) is 0 Å². The zero-order valence-corrected chi connectivity index (χ0v) is 16.5. The standard InChI is InChI=1S/C19H20N4O5S/c20-12-16-17-5-2-6-22(17)19(25)23(18(16)24)13-14-3-1-4-15(11-14)29(26,27)21-7-9-28-10-8-21/h1,3-4,11H,2,5-10,13H2. The second-order valence-corrected chi connectivity index (χ2v) is 8.96. The van der Waals surface area contributed by atoms with Crippen LogP contribution in [0, 0.1) is 11.3 Å². The molecule has 1 aromatic heterocycles. The quantitative estimate of drug-likeness (QED) is 0.687. The van der Waals surface area contributed by atoms with Crippen molar-refractivity contribution in [2.45, 2.75) is 30.8 Å². The molecule has 1 aromatic carbocycles. The lowest BCUT2D eigenvalue weighted by atomic mass is 10.2. The van der Waals surface area contributed by atoms with E-state index in [0.717, 1.165) is 4.57 Å². The number of aromatic nitrogens is 2. The minimum atomic E-state index is -3.69. The molecule has 4 rings (SSSR count). The number of ether oxygens (including phenoxy) is 1. The van der Waals surface area contributed by atoms with Crippen LogP contribution in [0.2, 0.25) is 0 Å². The zero-order chi connectivity index (χ0) is 20.6. The van der Waals surface area contributed by atoms with Crippen LogP contribution >= 0.6 is 0 Å². The van der Waals surface area contributed by atoms with Crippen LogP contribution in [0.4, 0.5) is 0 Å². The number of nitrogens with zero attached hydrogens (tertiary/aromatic N) is 4. The highest BCUT2D eigenvalue weighted by Crippen LogP contribution is 2.19. The average molecular weight is 416 g/mol. The Balaban J connectivity index is 1.72. The van der Waals surface area contributed by atoms with Crippen LogP contribution in [0.5, 0.6) is 0 Å². The van der Waals surface area contributed by atoms with Crippen molar-refractivity contribution in [1.29, 1.82) is 5.26 Å². The Labute approximate surface area is 167 Å². The summed E-state index contributed by atoms with van der Waals surface area (Å²) < 4.78 is 34.8. The smallest absolute Gasteiger partial charge is 0.331 e. The molecule has 152 valence electrons. The lowest BCUT2D eigenvalue weighted by Crippen LogP contribution is -2.42. The lowest BCUT2D eigenvalue weighted by Gasteiger charge is -2.26. The van der Waals surface area contributed by atoms with Gasteiger partial charge in [0.05, 0.1) is 24.7 Å². The highest BCUT2D eigenvalue weighted by molar-refractivity contribution is 7.89. The van der Waals surface area contributed by atoms with Crippen LogP contribution in [0.15, 0.2) is 38.8 Å². The summed E-state index contributed by atoms with van der Waals surface area (Å²) in [5.41, 5.74) is -0.127. The third-order valence-electron chi connectivity index (χ3n) is 5.29. The number of sulfonamides is 1. The van der Waals surface area contributed by atoms with Crippen LogP contribution in [-0.4, -0.2) is 48.2 Å². The summed E-state index contributed by atoms with van der Waals surface area (Å²) in [5, 5.41) is 9.39. The molecule has 0 N–H and O–H groups in total. The minimum Gasteiger partial charge on any atom is -0.379 e. The highest BCUT2D eigenvalue weighted by Gasteiger charge is 2.27. The number of rotatable bonds is 4. The number of benzene rings is 1. The molecular formula is C19H20N4O5S. The van der Waals surface area contributed by atoms with E-state index in [9.17, 15) is 23.3 Å². The summed E-state index contributed by atoms with van der Waals surface area (Å²) in [6, 6.07) is 8.13. The predicted octanol–water partition coefficient (Wildman–Crippen LogP) is -0.103. The third-order valence-corrected chi connectivity index (χ3v) is 7.18. The van der Waals surface area contributed by atoms with Crippen molar-refractivity contribution in [2.75, 3.05) is 26.3 Å². The van der Waals surface area contributed by atoms with Gasteiger partial charge in [-0.1, -0.05) is 12.1 Å². The first-order valence-electron chi connectivity index (χ1n) is 9.37. The van der Waals surface area contributed by atoms with Gasteiger partial charge in [0.1, 0.15) is 11.6 Å². The fourth-order valence-electron chi connectivity index (χ4n) is 3.81. The van der Waals surface area contributed by atoms with E-state index in [1.165, 1.54) is 21.0 Å². The van der Waals surface area contributed by atoms with Crippen LogP contribution in [-0.2, 0) is 34.3 Å². The van der Waals surface area contributed by atoms with E-state index in [4.69, 9.17) is 4.74 Å². The molecule has 0 spiro atoms. The lowest BCUT2D eigenvalue weighted by molar-refractivity contribution is 0.0730. The van der Waals surface area contributed by atoms with E-state index in [1.54, 1.807) is 12.1 Å². The normalized spacial score (nSPS) is 17.1. The van der Waals surface area contributed by atoms with Gasteiger partial charge in [-0.25, -0.2) is 13.2 Å². The Hall–Kier alpha value is -2.74. The largest absolute Gasteiger partial charge is 0.379 e. The number of fused-ring (bicyclic) bond motifs is 1. The van der Waals surface area contributed by atoms with Gasteiger partial charge < -0.3 is 4.74 Å². The molecule has 0 atom stereocenters. The molecule has 2 aliphatic heterocycles. The summed E-state index contributed by atoms with van der Waals surface area (Å²) in [7, 11) is -3.69. The monoisotopic (exact) mass is 416 g/mol. The summed E-state index contributed by atoms with van der Waals surface area (Å²) in [6.07, 6.45) is 1.24. The summed E-state index contributed by atoms with van der Waals surface area (Å²) >= 11 is 0. The molecule has 0 amide bonds. The molecule has 0 aliphatic carbocycles. The molecule has 0 bridgehead atoms. The molecule has 1 fully saturated rings. The maximum absolute atomic E-state index is 12.9. The number of hydrogen-bond donors (Lipinski definition) is 0. The van der Waals surface area contributed by atoms with Crippen LogP contribution in [0.1, 0.15) is 23.2 Å². The Morgan fingerprint density at radius 1 is 1.14 bits per heavy atom. The summed E-state index contributed by atoms with van der Waals surface area (Å²) in [6.45, 7) is 1.62. The van der Waals surface area contributed by atoms with Crippen LogP contribution in [0.3, 0.4) is 0 Å². The molecule has 2 aliphatic rings. The van der Waals surface area contributed by atoms with Gasteiger partial charge in [0.2, 0.25) is 10.0 Å². The SMILES string of the molecule is N#Cc1c2n(c(=O)n(Cc3cccc(S(=O)(=O)N4CCOCC4)c3)c1=O)CCC2. The molecule has 0 radical (unpaired) electrons. The Morgan fingerprint density at radius 3 is 2.62 bits per heavy atom. The Bertz CT molecular complexity index is 1220. The molecule has 9 nitrogen and oxygen atoms in total. The van der Waals surface area contributed by atoms with E-state index in [2.05, 4.69) is 0 Å². The van der Waals surface area contributed by atoms with Crippen molar-refractivity contribution in [3.05, 3.63) is 61.9 Å². The van der Waals surface area contributed by atoms with Gasteiger partial charge in [0, 0.05) is 25.3 Å².